The molecule has 0 spiro atoms. The summed E-state index contributed by atoms with van der Waals surface area (Å²) in [4.78, 5) is 0. The van der Waals surface area contributed by atoms with Crippen LogP contribution >= 0.6 is 0 Å². The largest absolute Gasteiger partial charge is 0.393 e. The molecule has 8 rings (SSSR count). The van der Waals surface area contributed by atoms with Crippen LogP contribution in [0, 0.1) is 148 Å². The molecule has 0 amide bonds. The monoisotopic (exact) mass is 1360 g/mol. The van der Waals surface area contributed by atoms with Crippen LogP contribution in [0.3, 0.4) is 0 Å². The molecular weight excluding hydrogens is 1180 g/mol. The Morgan fingerprint density at radius 3 is 1.15 bits per heavy atom. The average molecular weight is 1360 g/mol. The van der Waals surface area contributed by atoms with Crippen LogP contribution in [0.15, 0.2) is 0 Å². The predicted molar refractivity (Wildman–Crippen MR) is 416 cm³/mol. The third kappa shape index (κ3) is 33.6. The predicted octanol–water partition coefficient (Wildman–Crippen LogP) is 22.5. The average Bonchev–Trinajstić information content (AvgIpc) is 1.26. The van der Waals surface area contributed by atoms with Crippen molar-refractivity contribution in [1.29, 1.82) is 0 Å². The van der Waals surface area contributed by atoms with E-state index in [2.05, 4.69) is 173 Å². The molecule has 0 saturated heterocycles. The van der Waals surface area contributed by atoms with Crippen LogP contribution in [0.25, 0.3) is 0 Å². The first kappa shape index (κ1) is 93.7. The fourth-order valence-electron chi connectivity index (χ4n) is 20.4. The Hall–Kier alpha value is -0.320. The molecule has 96 heavy (non-hydrogen) atoms. The molecule has 8 heteroatoms. The van der Waals surface area contributed by atoms with Crippen LogP contribution in [0.1, 0.15) is 366 Å². The molecule has 8 aliphatic carbocycles. The van der Waals surface area contributed by atoms with E-state index in [1.54, 1.807) is 0 Å². The van der Waals surface area contributed by atoms with Gasteiger partial charge in [-0.1, -0.05) is 263 Å². The van der Waals surface area contributed by atoms with Gasteiger partial charge in [0.1, 0.15) is 0 Å². The summed E-state index contributed by atoms with van der Waals surface area (Å²) in [6.45, 7) is 56.2. The van der Waals surface area contributed by atoms with Crippen LogP contribution in [0.2, 0.25) is 0 Å². The first-order valence-electron chi connectivity index (χ1n) is 42.5. The van der Waals surface area contributed by atoms with E-state index < -0.39 is 0 Å². The lowest BCUT2D eigenvalue weighted by Gasteiger charge is -2.40. The van der Waals surface area contributed by atoms with Crippen molar-refractivity contribution in [3.8, 4) is 0 Å². The molecule has 8 fully saturated rings. The second-order valence-corrected chi connectivity index (χ2v) is 36.4. The van der Waals surface area contributed by atoms with Gasteiger partial charge in [0.05, 0.1) is 48.8 Å². The van der Waals surface area contributed by atoms with E-state index in [4.69, 9.17) is 0 Å². The normalized spacial score (nSPS) is 43.1. The fourth-order valence-corrected chi connectivity index (χ4v) is 20.4. The summed E-state index contributed by atoms with van der Waals surface area (Å²) in [7, 11) is 0. The quantitative estimate of drug-likeness (QED) is 0.0804. The van der Waals surface area contributed by atoms with Crippen molar-refractivity contribution in [1.82, 2.24) is 0 Å². The smallest absolute Gasteiger partial charge is 0.0591 e. The lowest BCUT2D eigenvalue weighted by atomic mass is 9.68. The third-order valence-electron chi connectivity index (χ3n) is 27.8. The van der Waals surface area contributed by atoms with E-state index in [1.165, 1.54) is 135 Å². The highest BCUT2D eigenvalue weighted by atomic mass is 16.3. The molecule has 28 unspecified atom stereocenters. The second kappa shape index (κ2) is 50.2. The highest BCUT2D eigenvalue weighted by molar-refractivity contribution is 4.89. The molecule has 28 atom stereocenters. The van der Waals surface area contributed by atoms with Crippen LogP contribution in [-0.2, 0) is 0 Å². The molecule has 0 heterocycles. The maximum atomic E-state index is 9.83. The lowest BCUT2D eigenvalue weighted by Crippen LogP contribution is -2.38. The Balaban J connectivity index is 0.000000549. The van der Waals surface area contributed by atoms with Gasteiger partial charge in [-0.05, 0) is 251 Å². The Kier molecular flexibility index (Phi) is 49.0. The summed E-state index contributed by atoms with van der Waals surface area (Å²) < 4.78 is 0. The molecule has 8 nitrogen and oxygen atoms in total. The van der Waals surface area contributed by atoms with Gasteiger partial charge in [0, 0.05) is 0 Å². The van der Waals surface area contributed by atoms with E-state index in [0.717, 1.165) is 135 Å². The SMILES string of the molecule is CC(C)C1C(O)CCC(C)C1C.CCCC1C(C)CC(O)CC1C.CCCC1CC(C)C(C)C(O)C1.CCCC1CC(C)C(O)C(C)C1.CCCC1CC(C)C(O)CC1C.CCCC1CC(O)C(C)CC1C.CCCC1CC(O)CC(C)C1C.CCCC1CCC(O)C(C)C1C. The van der Waals surface area contributed by atoms with Crippen LogP contribution in [0.4, 0.5) is 0 Å². The van der Waals surface area contributed by atoms with E-state index in [1.807, 2.05) is 0 Å². The number of hydrogen-bond acceptors (Lipinski definition) is 8. The van der Waals surface area contributed by atoms with Gasteiger partial charge in [-0.2, -0.15) is 0 Å². The minimum Gasteiger partial charge on any atom is -0.393 e. The van der Waals surface area contributed by atoms with Crippen molar-refractivity contribution in [2.75, 3.05) is 0 Å². The van der Waals surface area contributed by atoms with Crippen molar-refractivity contribution in [2.45, 2.75) is 415 Å². The zero-order chi connectivity index (χ0) is 73.3. The Labute approximate surface area is 600 Å². The molecule has 0 aromatic heterocycles. The van der Waals surface area contributed by atoms with Crippen molar-refractivity contribution >= 4 is 0 Å². The molecule has 0 bridgehead atoms. The van der Waals surface area contributed by atoms with E-state index in [-0.39, 0.29) is 48.8 Å². The fraction of sp³-hybridized carbons (Fsp3) is 1.00. The Morgan fingerprint density at radius 1 is 0.250 bits per heavy atom. The lowest BCUT2D eigenvalue weighted by molar-refractivity contribution is -0.0104. The van der Waals surface area contributed by atoms with Crippen LogP contribution < -0.4 is 0 Å². The van der Waals surface area contributed by atoms with Crippen molar-refractivity contribution in [3.63, 3.8) is 0 Å². The number of hydrogen-bond donors (Lipinski definition) is 8. The summed E-state index contributed by atoms with van der Waals surface area (Å²) in [5, 5.41) is 77.4. The van der Waals surface area contributed by atoms with Gasteiger partial charge < -0.3 is 40.9 Å². The van der Waals surface area contributed by atoms with Gasteiger partial charge >= 0.3 is 0 Å². The zero-order valence-corrected chi connectivity index (χ0v) is 68.8. The van der Waals surface area contributed by atoms with Gasteiger partial charge in [0.25, 0.3) is 0 Å². The van der Waals surface area contributed by atoms with Gasteiger partial charge in [0.2, 0.25) is 0 Å². The zero-order valence-electron chi connectivity index (χ0n) is 68.8. The maximum absolute atomic E-state index is 9.83. The first-order chi connectivity index (χ1) is 45.1. The molecule has 8 N–H and O–H groups in total. The molecule has 0 aromatic carbocycles. The Morgan fingerprint density at radius 2 is 0.656 bits per heavy atom. The van der Waals surface area contributed by atoms with Crippen molar-refractivity contribution in [3.05, 3.63) is 0 Å². The molecule has 0 radical (unpaired) electrons. The van der Waals surface area contributed by atoms with E-state index in [0.29, 0.717) is 71.0 Å². The van der Waals surface area contributed by atoms with Crippen molar-refractivity contribution in [2.24, 2.45) is 148 Å². The standard InChI is InChI=1S/8C11H22O/c1-7(2)11-9(4)8(3)5-6-10(11)12;1-4-5-10-6-9(3)11(12)7-8(10)2;1-4-5-10-7-11(12)6-8(2)9(10)3;1-4-5-10-6-8(2)9(3)11(12)7-10;1-4-5-11-8(2)6-10(12)7-9(11)3;1-4-5-10-6-8(2)11(12)9(3)7-10;1-4-5-10-7-11(12)9(3)6-8(10)2;1-4-5-10-6-7-11(12)9(3)8(10)2/h7-12H,5-6H2,1-4H3;7*8-12H,4-7H2,1-3H3. The summed E-state index contributed by atoms with van der Waals surface area (Å²) in [5.74, 6) is 17.5. The second-order valence-electron chi connectivity index (χ2n) is 36.4. The summed E-state index contributed by atoms with van der Waals surface area (Å²) in [6.07, 6.45) is 35.9. The minimum atomic E-state index is -0.0452. The Bertz CT molecular complexity index is 1740. The molecule has 0 aliphatic heterocycles. The van der Waals surface area contributed by atoms with Gasteiger partial charge in [-0.25, -0.2) is 0 Å². The first-order valence-corrected chi connectivity index (χ1v) is 42.5. The summed E-state index contributed by atoms with van der Waals surface area (Å²) in [6, 6.07) is 0. The number of rotatable bonds is 15. The molecular formula is C88H176O8. The highest BCUT2D eigenvalue weighted by Gasteiger charge is 2.38. The van der Waals surface area contributed by atoms with Gasteiger partial charge in [0.15, 0.2) is 0 Å². The molecule has 576 valence electrons. The summed E-state index contributed by atoms with van der Waals surface area (Å²) in [5.41, 5.74) is 0. The van der Waals surface area contributed by atoms with Gasteiger partial charge in [-0.15, -0.1) is 0 Å². The number of aliphatic hydroxyl groups excluding tert-OH is 8. The van der Waals surface area contributed by atoms with E-state index >= 15 is 0 Å². The van der Waals surface area contributed by atoms with E-state index in [9.17, 15) is 40.9 Å². The summed E-state index contributed by atoms with van der Waals surface area (Å²) >= 11 is 0. The third-order valence-corrected chi connectivity index (χ3v) is 27.8. The van der Waals surface area contributed by atoms with Crippen LogP contribution in [0.5, 0.6) is 0 Å². The topological polar surface area (TPSA) is 162 Å². The number of aliphatic hydroxyl groups is 8. The molecule has 8 saturated carbocycles. The van der Waals surface area contributed by atoms with Crippen molar-refractivity contribution < 1.29 is 40.9 Å². The highest BCUT2D eigenvalue weighted by Crippen LogP contribution is 2.43. The molecule has 0 aromatic rings. The van der Waals surface area contributed by atoms with Crippen LogP contribution in [-0.4, -0.2) is 89.7 Å². The minimum absolute atomic E-state index is 0.0206. The maximum Gasteiger partial charge on any atom is 0.0591 e. The van der Waals surface area contributed by atoms with Gasteiger partial charge in [-0.3, -0.25) is 0 Å². The molecule has 8 aliphatic rings.